The summed E-state index contributed by atoms with van der Waals surface area (Å²) in [4.78, 5) is 49.9. The molecule has 3 aliphatic rings. The van der Waals surface area contributed by atoms with E-state index in [1.54, 1.807) is 6.20 Å². The van der Waals surface area contributed by atoms with Gasteiger partial charge in [-0.1, -0.05) is 9.84 Å². The molecule has 2 atom stereocenters. The Hall–Kier alpha value is -3.63. The average Bonchev–Trinajstić information content (AvgIpc) is 3.45. The number of hydrogen-bond donors (Lipinski definition) is 3. The van der Waals surface area contributed by atoms with Crippen LogP contribution in [0, 0.1) is 0 Å². The molecule has 16 heteroatoms. The van der Waals surface area contributed by atoms with E-state index in [9.17, 15) is 19.5 Å². The molecule has 2 amide bonds. The van der Waals surface area contributed by atoms with Gasteiger partial charge in [0.15, 0.2) is 5.13 Å². The molecule has 2 aromatic rings. The van der Waals surface area contributed by atoms with Crippen LogP contribution in [0.4, 0.5) is 5.13 Å². The van der Waals surface area contributed by atoms with E-state index in [1.165, 1.54) is 23.8 Å². The SMILES string of the molecule is CO/N=C(/C(=O)N[C@H]1C(=O)N2C(C(=O)O)=C(CN3Cc4cccn[n+]4C3)CS[C@H]12)c1nsc(N)n1. The third-order valence-electron chi connectivity index (χ3n) is 5.63. The Morgan fingerprint density at radius 2 is 2.29 bits per heavy atom. The van der Waals surface area contributed by atoms with Crippen LogP contribution in [0.2, 0.25) is 0 Å². The number of nitrogens with zero attached hydrogens (tertiary/aromatic N) is 7. The first-order valence-electron chi connectivity index (χ1n) is 10.3. The summed E-state index contributed by atoms with van der Waals surface area (Å²) in [5, 5.41) is 20.1. The van der Waals surface area contributed by atoms with Gasteiger partial charge in [-0.3, -0.25) is 14.5 Å². The minimum Gasteiger partial charge on any atom is -0.477 e. The van der Waals surface area contributed by atoms with Crippen molar-refractivity contribution in [1.82, 2.24) is 29.6 Å². The Bertz CT molecular complexity index is 1250. The normalized spacial score (nSPS) is 21.9. The number of nitrogens with two attached hydrogens (primary N) is 1. The average molecular weight is 519 g/mol. The summed E-state index contributed by atoms with van der Waals surface area (Å²) in [5.41, 5.74) is 6.97. The van der Waals surface area contributed by atoms with Crippen LogP contribution in [0.25, 0.3) is 0 Å². The van der Waals surface area contributed by atoms with Crippen LogP contribution in [-0.4, -0.2) is 83.7 Å². The minimum atomic E-state index is -1.19. The van der Waals surface area contributed by atoms with E-state index in [4.69, 9.17) is 10.6 Å². The number of rotatable bonds is 7. The molecule has 0 unspecified atom stereocenters. The number of aliphatic carboxylic acids is 1. The molecule has 35 heavy (non-hydrogen) atoms. The Balaban J connectivity index is 1.31. The number of thioether (sulfide) groups is 1. The van der Waals surface area contributed by atoms with E-state index in [0.29, 0.717) is 31.1 Å². The van der Waals surface area contributed by atoms with Crippen molar-refractivity contribution in [2.24, 2.45) is 5.16 Å². The summed E-state index contributed by atoms with van der Waals surface area (Å²) >= 11 is 2.27. The highest BCUT2D eigenvalue weighted by molar-refractivity contribution is 8.00. The maximum absolute atomic E-state index is 13.0. The molecule has 182 valence electrons. The lowest BCUT2D eigenvalue weighted by molar-refractivity contribution is -0.758. The van der Waals surface area contributed by atoms with Gasteiger partial charge in [-0.05, 0) is 16.7 Å². The van der Waals surface area contributed by atoms with Crippen LogP contribution in [-0.2, 0) is 32.4 Å². The van der Waals surface area contributed by atoms with E-state index >= 15 is 0 Å². The van der Waals surface area contributed by atoms with Gasteiger partial charge in [-0.25, -0.2) is 9.69 Å². The van der Waals surface area contributed by atoms with Crippen LogP contribution in [0.1, 0.15) is 11.5 Å². The lowest BCUT2D eigenvalue weighted by atomic mass is 10.0. The molecule has 0 aliphatic carbocycles. The zero-order valence-electron chi connectivity index (χ0n) is 18.3. The first-order valence-corrected chi connectivity index (χ1v) is 12.2. The van der Waals surface area contributed by atoms with E-state index in [1.807, 2.05) is 16.8 Å². The van der Waals surface area contributed by atoms with Crippen molar-refractivity contribution < 1.29 is 29.0 Å². The highest BCUT2D eigenvalue weighted by atomic mass is 32.2. The number of oxime groups is 1. The van der Waals surface area contributed by atoms with Gasteiger partial charge in [0.05, 0.1) is 12.7 Å². The van der Waals surface area contributed by atoms with E-state index in [0.717, 1.165) is 17.2 Å². The standard InChI is InChI=1S/C19H19N9O5S2/c1-33-24-11(14-23-19(20)35-25-14)15(29)22-12-16(30)28-13(18(31)32)9(7-34-17(12)28)5-26-6-10-3-2-4-21-27(10)8-26/h2-4,12,17H,5-8H2,1H3,(H3-,20,22,23,25,29,31,32)/p+1/b24-11+/t12-,17+/m0/s1. The number of anilines is 1. The summed E-state index contributed by atoms with van der Waals surface area (Å²) in [5.74, 6) is -2.06. The number of hydrogen-bond acceptors (Lipinski definition) is 12. The summed E-state index contributed by atoms with van der Waals surface area (Å²) in [7, 11) is 1.26. The number of carboxylic acid groups (broad SMARTS) is 1. The lowest BCUT2D eigenvalue weighted by Crippen LogP contribution is -2.71. The molecule has 5 rings (SSSR count). The molecule has 0 aromatic carbocycles. The summed E-state index contributed by atoms with van der Waals surface area (Å²) < 4.78 is 5.81. The van der Waals surface area contributed by atoms with Crippen LogP contribution in [0.5, 0.6) is 0 Å². The van der Waals surface area contributed by atoms with Crippen molar-refractivity contribution in [3.8, 4) is 0 Å². The van der Waals surface area contributed by atoms with Crippen molar-refractivity contribution >= 4 is 51.9 Å². The number of nitrogens with one attached hydrogen (secondary N) is 1. The fraction of sp³-hybridized carbons (Fsp3) is 0.368. The fourth-order valence-electron chi connectivity index (χ4n) is 4.16. The second kappa shape index (κ2) is 9.20. The Kier molecular flexibility index (Phi) is 6.08. The van der Waals surface area contributed by atoms with Gasteiger partial charge in [-0.15, -0.1) is 11.8 Å². The van der Waals surface area contributed by atoms with Gasteiger partial charge in [0.1, 0.15) is 24.2 Å². The molecule has 0 spiro atoms. The van der Waals surface area contributed by atoms with Gasteiger partial charge in [0, 0.05) is 29.9 Å². The Labute approximate surface area is 206 Å². The summed E-state index contributed by atoms with van der Waals surface area (Å²) in [6.45, 7) is 1.54. The van der Waals surface area contributed by atoms with Crippen LogP contribution in [0.15, 0.2) is 34.8 Å². The number of carbonyl (C=O) groups excluding carboxylic acids is 2. The van der Waals surface area contributed by atoms with Gasteiger partial charge >= 0.3 is 5.97 Å². The largest absolute Gasteiger partial charge is 0.477 e. The number of carbonyl (C=O) groups is 3. The highest BCUT2D eigenvalue weighted by Crippen LogP contribution is 2.40. The van der Waals surface area contributed by atoms with Gasteiger partial charge < -0.3 is 21.0 Å². The van der Waals surface area contributed by atoms with Crippen LogP contribution < -0.4 is 15.7 Å². The Morgan fingerprint density at radius 3 is 2.97 bits per heavy atom. The Morgan fingerprint density at radius 1 is 1.46 bits per heavy atom. The summed E-state index contributed by atoms with van der Waals surface area (Å²) in [6.07, 6.45) is 1.70. The predicted octanol–water partition coefficient (Wildman–Crippen LogP) is -1.63. The molecular formula is C19H20N9O5S2+. The fourth-order valence-corrected chi connectivity index (χ4v) is 5.93. The molecule has 0 bridgehead atoms. The van der Waals surface area contributed by atoms with Crippen molar-refractivity contribution in [3.05, 3.63) is 41.1 Å². The quantitative estimate of drug-likeness (QED) is 0.166. The zero-order chi connectivity index (χ0) is 24.7. The molecule has 4 N–H and O–H groups in total. The summed E-state index contributed by atoms with van der Waals surface area (Å²) in [6, 6.07) is 2.89. The second-order valence-electron chi connectivity index (χ2n) is 7.84. The zero-order valence-corrected chi connectivity index (χ0v) is 20.0. The van der Waals surface area contributed by atoms with E-state index < -0.39 is 29.2 Å². The topological polar surface area (TPSA) is 180 Å². The van der Waals surface area contributed by atoms with Gasteiger partial charge in [0.2, 0.25) is 23.9 Å². The van der Waals surface area contributed by atoms with Crippen molar-refractivity contribution in [3.63, 3.8) is 0 Å². The van der Waals surface area contributed by atoms with Crippen LogP contribution >= 0.6 is 23.3 Å². The maximum atomic E-state index is 13.0. The second-order valence-corrected chi connectivity index (χ2v) is 9.73. The van der Waals surface area contributed by atoms with Gasteiger partial charge in [-0.2, -0.15) is 9.36 Å². The van der Waals surface area contributed by atoms with Gasteiger partial charge in [0.25, 0.3) is 11.8 Å². The van der Waals surface area contributed by atoms with Crippen LogP contribution in [0.3, 0.4) is 0 Å². The molecule has 14 nitrogen and oxygen atoms in total. The van der Waals surface area contributed by atoms with Crippen molar-refractivity contribution in [2.45, 2.75) is 24.6 Å². The number of fused-ring (bicyclic) bond motifs is 2. The third kappa shape index (κ3) is 4.19. The number of β-lactam (4-membered cyclic amide) rings is 1. The predicted molar refractivity (Wildman–Crippen MR) is 122 cm³/mol. The first-order chi connectivity index (χ1) is 16.9. The molecule has 0 saturated carbocycles. The minimum absolute atomic E-state index is 0.0286. The smallest absolute Gasteiger partial charge is 0.352 e. The third-order valence-corrected chi connectivity index (χ3v) is 7.52. The molecule has 1 saturated heterocycles. The molecule has 5 heterocycles. The molecular weight excluding hydrogens is 498 g/mol. The molecule has 3 aliphatic heterocycles. The number of amides is 2. The highest BCUT2D eigenvalue weighted by Gasteiger charge is 2.54. The number of aromatic nitrogens is 4. The lowest BCUT2D eigenvalue weighted by Gasteiger charge is -2.49. The maximum Gasteiger partial charge on any atom is 0.352 e. The molecule has 1 fully saturated rings. The van der Waals surface area contributed by atoms with E-state index in [2.05, 4.69) is 29.8 Å². The van der Waals surface area contributed by atoms with E-state index in [-0.39, 0.29) is 22.4 Å². The number of nitrogen functional groups attached to an aromatic ring is 1. The monoisotopic (exact) mass is 518 g/mol. The molecule has 2 aromatic heterocycles. The van der Waals surface area contributed by atoms with Crippen molar-refractivity contribution in [2.75, 3.05) is 25.1 Å². The number of carboxylic acids is 1. The first kappa shape index (κ1) is 23.1. The van der Waals surface area contributed by atoms with Crippen molar-refractivity contribution in [1.29, 1.82) is 0 Å². The molecule has 0 radical (unpaired) electrons.